The van der Waals surface area contributed by atoms with Gasteiger partial charge < -0.3 is 9.80 Å². The number of anilines is 2. The maximum atomic E-state index is 14.3. The van der Waals surface area contributed by atoms with Crippen molar-refractivity contribution in [2.45, 2.75) is 18.3 Å². The molecule has 1 fully saturated rings. The molecule has 0 unspecified atom stereocenters. The second-order valence-electron chi connectivity index (χ2n) is 8.25. The molecule has 0 bridgehead atoms. The molecule has 2 aliphatic heterocycles. The summed E-state index contributed by atoms with van der Waals surface area (Å²) in [5, 5.41) is 0.606. The highest BCUT2D eigenvalue weighted by atomic mass is 35.5. The SMILES string of the molecule is O=C(c1ccccc1F)N1CC2(CCN(c3ccccc3F)CC2)c2cc(Cl)ccc21. The van der Waals surface area contributed by atoms with Gasteiger partial charge in [0.25, 0.3) is 5.91 Å². The Morgan fingerprint density at radius 2 is 1.55 bits per heavy atom. The number of nitrogens with zero attached hydrogens (tertiary/aromatic N) is 2. The van der Waals surface area contributed by atoms with Crippen LogP contribution in [0.3, 0.4) is 0 Å². The lowest BCUT2D eigenvalue weighted by Gasteiger charge is -2.41. The Kier molecular flexibility index (Phi) is 4.94. The van der Waals surface area contributed by atoms with Crippen LogP contribution in [0, 0.1) is 11.6 Å². The van der Waals surface area contributed by atoms with Crippen molar-refractivity contribution in [2.24, 2.45) is 0 Å². The van der Waals surface area contributed by atoms with Crippen LogP contribution >= 0.6 is 11.6 Å². The van der Waals surface area contributed by atoms with E-state index in [4.69, 9.17) is 11.6 Å². The summed E-state index contributed by atoms with van der Waals surface area (Å²) >= 11 is 6.32. The van der Waals surface area contributed by atoms with Gasteiger partial charge in [0.2, 0.25) is 0 Å². The van der Waals surface area contributed by atoms with E-state index in [2.05, 4.69) is 0 Å². The Bertz CT molecular complexity index is 1160. The maximum Gasteiger partial charge on any atom is 0.261 e. The zero-order valence-electron chi connectivity index (χ0n) is 16.8. The van der Waals surface area contributed by atoms with Crippen LogP contribution in [0.5, 0.6) is 0 Å². The summed E-state index contributed by atoms with van der Waals surface area (Å²) in [6, 6.07) is 18.4. The minimum Gasteiger partial charge on any atom is -0.369 e. The number of benzene rings is 3. The molecular weight excluding hydrogens is 418 g/mol. The van der Waals surface area contributed by atoms with Gasteiger partial charge in [-0.05, 0) is 60.9 Å². The third kappa shape index (κ3) is 3.37. The molecule has 5 rings (SSSR count). The minimum absolute atomic E-state index is 0.0595. The summed E-state index contributed by atoms with van der Waals surface area (Å²) < 4.78 is 28.6. The van der Waals surface area contributed by atoms with Gasteiger partial charge in [0.05, 0.1) is 11.3 Å². The van der Waals surface area contributed by atoms with Gasteiger partial charge in [0.15, 0.2) is 0 Å². The molecule has 3 nitrogen and oxygen atoms in total. The number of hydrogen-bond acceptors (Lipinski definition) is 2. The molecule has 2 heterocycles. The molecule has 0 aliphatic carbocycles. The second-order valence-corrected chi connectivity index (χ2v) is 8.69. The highest BCUT2D eigenvalue weighted by molar-refractivity contribution is 6.30. The predicted octanol–water partition coefficient (Wildman–Crippen LogP) is 5.82. The largest absolute Gasteiger partial charge is 0.369 e. The van der Waals surface area contributed by atoms with Crippen molar-refractivity contribution in [1.82, 2.24) is 0 Å². The summed E-state index contributed by atoms with van der Waals surface area (Å²) in [6.45, 7) is 1.78. The van der Waals surface area contributed by atoms with Gasteiger partial charge in [-0.2, -0.15) is 0 Å². The first-order valence-corrected chi connectivity index (χ1v) is 10.7. The maximum absolute atomic E-state index is 14.3. The zero-order chi connectivity index (χ0) is 21.6. The number of carbonyl (C=O) groups is 1. The number of rotatable bonds is 2. The standard InChI is InChI=1S/C25H21ClF2N2O/c26-17-9-10-22-19(15-17)25(16-30(22)24(31)18-5-1-2-6-20(18)27)11-13-29(14-12-25)23-8-4-3-7-21(23)28/h1-10,15H,11-14,16H2. The number of carbonyl (C=O) groups excluding carboxylic acids is 1. The molecule has 6 heteroatoms. The van der Waals surface area contributed by atoms with E-state index in [0.717, 1.165) is 24.1 Å². The second kappa shape index (κ2) is 7.65. The Morgan fingerprint density at radius 1 is 0.871 bits per heavy atom. The van der Waals surface area contributed by atoms with Gasteiger partial charge in [-0.3, -0.25) is 4.79 Å². The van der Waals surface area contributed by atoms with Crippen molar-refractivity contribution in [3.8, 4) is 0 Å². The Hall–Kier alpha value is -2.92. The molecule has 1 saturated heterocycles. The number of hydrogen-bond donors (Lipinski definition) is 0. The fourth-order valence-electron chi connectivity index (χ4n) is 4.91. The molecule has 0 N–H and O–H groups in total. The van der Waals surface area contributed by atoms with Crippen molar-refractivity contribution < 1.29 is 13.6 Å². The minimum atomic E-state index is -0.529. The zero-order valence-corrected chi connectivity index (χ0v) is 17.6. The summed E-state index contributed by atoms with van der Waals surface area (Å²) in [5.41, 5.74) is 2.16. The van der Waals surface area contributed by atoms with E-state index in [1.54, 1.807) is 35.2 Å². The first kappa shape index (κ1) is 20.0. The quantitative estimate of drug-likeness (QED) is 0.503. The average molecular weight is 439 g/mol. The van der Waals surface area contributed by atoms with E-state index < -0.39 is 5.82 Å². The molecule has 158 valence electrons. The van der Waals surface area contributed by atoms with Crippen molar-refractivity contribution >= 4 is 28.9 Å². The van der Waals surface area contributed by atoms with Crippen LogP contribution < -0.4 is 9.80 Å². The van der Waals surface area contributed by atoms with Gasteiger partial charge >= 0.3 is 0 Å². The molecule has 0 saturated carbocycles. The molecule has 3 aromatic carbocycles. The number of para-hydroxylation sites is 1. The highest BCUT2D eigenvalue weighted by Crippen LogP contribution is 2.49. The summed E-state index contributed by atoms with van der Waals surface area (Å²) in [4.78, 5) is 17.0. The molecule has 2 aliphatic rings. The van der Waals surface area contributed by atoms with E-state index in [9.17, 15) is 13.6 Å². The molecular formula is C25H21ClF2N2O. The fraction of sp³-hybridized carbons (Fsp3) is 0.240. The van der Waals surface area contributed by atoms with E-state index in [1.165, 1.54) is 18.2 Å². The number of fused-ring (bicyclic) bond motifs is 2. The molecule has 1 spiro atoms. The van der Waals surface area contributed by atoms with Gasteiger partial charge in [-0.15, -0.1) is 0 Å². The monoisotopic (exact) mass is 438 g/mol. The molecule has 0 radical (unpaired) electrons. The normalized spacial score (nSPS) is 17.1. The molecule has 3 aromatic rings. The van der Waals surface area contributed by atoms with E-state index in [1.807, 2.05) is 23.1 Å². The average Bonchev–Trinajstić information content (AvgIpc) is 3.08. The lowest BCUT2D eigenvalue weighted by molar-refractivity contribution is 0.0979. The van der Waals surface area contributed by atoms with Gasteiger partial charge in [0, 0.05) is 35.8 Å². The molecule has 0 atom stereocenters. The molecule has 31 heavy (non-hydrogen) atoms. The highest BCUT2D eigenvalue weighted by Gasteiger charge is 2.47. The van der Waals surface area contributed by atoms with Crippen LogP contribution in [0.15, 0.2) is 66.7 Å². The first-order chi connectivity index (χ1) is 15.0. The first-order valence-electron chi connectivity index (χ1n) is 10.3. The van der Waals surface area contributed by atoms with Crippen molar-refractivity contribution in [3.63, 3.8) is 0 Å². The van der Waals surface area contributed by atoms with Gasteiger partial charge in [0.1, 0.15) is 11.6 Å². The van der Waals surface area contributed by atoms with E-state index in [-0.39, 0.29) is 22.7 Å². The number of amides is 1. The third-order valence-electron chi connectivity index (χ3n) is 6.54. The Morgan fingerprint density at radius 3 is 2.26 bits per heavy atom. The van der Waals surface area contributed by atoms with Crippen LogP contribution in [0.1, 0.15) is 28.8 Å². The van der Waals surface area contributed by atoms with Gasteiger partial charge in [-0.1, -0.05) is 35.9 Å². The predicted molar refractivity (Wildman–Crippen MR) is 119 cm³/mol. The van der Waals surface area contributed by atoms with Crippen LogP contribution in [-0.4, -0.2) is 25.5 Å². The number of halogens is 3. The topological polar surface area (TPSA) is 23.6 Å². The number of piperidine rings is 1. The van der Waals surface area contributed by atoms with E-state index >= 15 is 0 Å². The molecule has 1 amide bonds. The summed E-state index contributed by atoms with van der Waals surface area (Å²) in [7, 11) is 0. The summed E-state index contributed by atoms with van der Waals surface area (Å²) in [6.07, 6.45) is 1.49. The van der Waals surface area contributed by atoms with E-state index in [0.29, 0.717) is 30.3 Å². The van der Waals surface area contributed by atoms with Gasteiger partial charge in [-0.25, -0.2) is 8.78 Å². The third-order valence-corrected chi connectivity index (χ3v) is 6.78. The van der Waals surface area contributed by atoms with Crippen LogP contribution in [-0.2, 0) is 5.41 Å². The fourth-order valence-corrected chi connectivity index (χ4v) is 5.09. The van der Waals surface area contributed by atoms with Crippen molar-refractivity contribution in [2.75, 3.05) is 29.4 Å². The smallest absolute Gasteiger partial charge is 0.261 e. The van der Waals surface area contributed by atoms with Crippen LogP contribution in [0.25, 0.3) is 0 Å². The van der Waals surface area contributed by atoms with Crippen molar-refractivity contribution in [3.05, 3.63) is 94.5 Å². The van der Waals surface area contributed by atoms with Crippen LogP contribution in [0.4, 0.5) is 20.2 Å². The van der Waals surface area contributed by atoms with Crippen molar-refractivity contribution in [1.29, 1.82) is 0 Å². The summed E-state index contributed by atoms with van der Waals surface area (Å²) in [5.74, 6) is -1.11. The lowest BCUT2D eigenvalue weighted by Crippen LogP contribution is -2.46. The Labute approximate surface area is 184 Å². The lowest BCUT2D eigenvalue weighted by atomic mass is 9.74. The van der Waals surface area contributed by atoms with Crippen LogP contribution in [0.2, 0.25) is 5.02 Å². The Balaban J connectivity index is 1.47. The molecule has 0 aromatic heterocycles.